The van der Waals surface area contributed by atoms with Crippen molar-refractivity contribution in [3.05, 3.63) is 71.4 Å². The molecule has 2 aromatic carbocycles. The van der Waals surface area contributed by atoms with Crippen molar-refractivity contribution >= 4 is 34.7 Å². The minimum absolute atomic E-state index is 0.573. The summed E-state index contributed by atoms with van der Waals surface area (Å²) in [4.78, 5) is 11.2. The summed E-state index contributed by atoms with van der Waals surface area (Å²) in [6.07, 6.45) is 2.63. The fourth-order valence-corrected chi connectivity index (χ4v) is 3.23. The molecule has 0 unspecified atom stereocenters. The molecule has 0 aliphatic rings. The zero-order valence-electron chi connectivity index (χ0n) is 16.3. The van der Waals surface area contributed by atoms with Gasteiger partial charge in [0.1, 0.15) is 5.82 Å². The molecule has 5 nitrogen and oxygen atoms in total. The summed E-state index contributed by atoms with van der Waals surface area (Å²) < 4.78 is 0. The van der Waals surface area contributed by atoms with Crippen molar-refractivity contribution in [2.45, 2.75) is 20.3 Å². The van der Waals surface area contributed by atoms with E-state index in [0.29, 0.717) is 5.95 Å². The Morgan fingerprint density at radius 3 is 2.50 bits per heavy atom. The number of nitrogens with zero attached hydrogens (tertiary/aromatic N) is 3. The molecular weight excluding hydrogens is 370 g/mol. The number of halogens is 1. The first-order valence-electron chi connectivity index (χ1n) is 9.61. The third-order valence-corrected chi connectivity index (χ3v) is 4.75. The lowest BCUT2D eigenvalue weighted by molar-refractivity contribution is 0.866. The van der Waals surface area contributed by atoms with Gasteiger partial charge in [-0.15, -0.1) is 0 Å². The van der Waals surface area contributed by atoms with Gasteiger partial charge >= 0.3 is 0 Å². The highest BCUT2D eigenvalue weighted by molar-refractivity contribution is 6.30. The van der Waals surface area contributed by atoms with Crippen LogP contribution in [0.3, 0.4) is 0 Å². The molecule has 0 aliphatic carbocycles. The normalized spacial score (nSPS) is 10.5. The average Bonchev–Trinajstić information content (AvgIpc) is 2.71. The molecule has 0 amide bonds. The highest BCUT2D eigenvalue weighted by Crippen LogP contribution is 2.20. The Bertz CT molecular complexity index is 878. The minimum Gasteiger partial charge on any atom is -0.372 e. The molecule has 1 aromatic heterocycles. The van der Waals surface area contributed by atoms with Crippen molar-refractivity contribution < 1.29 is 0 Å². The largest absolute Gasteiger partial charge is 0.372 e. The summed E-state index contributed by atoms with van der Waals surface area (Å²) >= 11 is 6.03. The van der Waals surface area contributed by atoms with Crippen molar-refractivity contribution in [1.29, 1.82) is 0 Å². The van der Waals surface area contributed by atoms with Crippen LogP contribution >= 0.6 is 11.6 Å². The highest BCUT2D eigenvalue weighted by Gasteiger charge is 2.04. The molecule has 0 aliphatic heterocycles. The van der Waals surface area contributed by atoms with Crippen molar-refractivity contribution in [1.82, 2.24) is 9.97 Å². The van der Waals surface area contributed by atoms with Gasteiger partial charge in [0.05, 0.1) is 0 Å². The molecule has 3 rings (SSSR count). The summed E-state index contributed by atoms with van der Waals surface area (Å²) in [7, 11) is 0. The summed E-state index contributed by atoms with van der Waals surface area (Å²) in [5, 5.41) is 7.36. The second-order valence-electron chi connectivity index (χ2n) is 6.42. The van der Waals surface area contributed by atoms with Crippen LogP contribution in [0.1, 0.15) is 19.4 Å². The molecule has 6 heteroatoms. The highest BCUT2D eigenvalue weighted by atomic mass is 35.5. The van der Waals surface area contributed by atoms with Gasteiger partial charge in [0.2, 0.25) is 5.95 Å². The zero-order valence-corrected chi connectivity index (χ0v) is 17.1. The van der Waals surface area contributed by atoms with E-state index >= 15 is 0 Å². The van der Waals surface area contributed by atoms with Crippen LogP contribution in [-0.4, -0.2) is 29.6 Å². The topological polar surface area (TPSA) is 53.1 Å². The maximum atomic E-state index is 6.03. The van der Waals surface area contributed by atoms with Crippen LogP contribution in [-0.2, 0) is 6.42 Å². The Labute approximate surface area is 171 Å². The molecule has 3 aromatic rings. The number of benzene rings is 2. The molecule has 146 valence electrons. The summed E-state index contributed by atoms with van der Waals surface area (Å²) in [6.45, 7) is 7.09. The number of rotatable bonds is 9. The monoisotopic (exact) mass is 395 g/mol. The van der Waals surface area contributed by atoms with Gasteiger partial charge < -0.3 is 15.5 Å². The van der Waals surface area contributed by atoms with E-state index in [2.05, 4.69) is 69.7 Å². The predicted molar refractivity (Wildman–Crippen MR) is 119 cm³/mol. The van der Waals surface area contributed by atoms with Gasteiger partial charge in [-0.3, -0.25) is 0 Å². The Kier molecular flexibility index (Phi) is 7.09. The minimum atomic E-state index is 0.573. The fourth-order valence-electron chi connectivity index (χ4n) is 3.02. The van der Waals surface area contributed by atoms with E-state index in [0.717, 1.165) is 42.6 Å². The molecule has 28 heavy (non-hydrogen) atoms. The summed E-state index contributed by atoms with van der Waals surface area (Å²) in [5.74, 6) is 1.36. The van der Waals surface area contributed by atoms with E-state index in [4.69, 9.17) is 11.6 Å². The molecule has 0 saturated carbocycles. The number of aromatic nitrogens is 2. The molecule has 0 spiro atoms. The van der Waals surface area contributed by atoms with Gasteiger partial charge in [-0.1, -0.05) is 23.7 Å². The lowest BCUT2D eigenvalue weighted by Crippen LogP contribution is -2.21. The first kappa shape index (κ1) is 20.0. The third kappa shape index (κ3) is 5.60. The van der Waals surface area contributed by atoms with Crippen LogP contribution < -0.4 is 15.5 Å². The number of hydrogen-bond acceptors (Lipinski definition) is 5. The SMILES string of the molecule is CCN(CC)c1ccc(Nc2nccc(NCCc3cccc(Cl)c3)n2)cc1. The Morgan fingerprint density at radius 1 is 1.00 bits per heavy atom. The molecule has 0 saturated heterocycles. The van der Waals surface area contributed by atoms with Crippen LogP contribution in [0.4, 0.5) is 23.1 Å². The van der Waals surface area contributed by atoms with Gasteiger partial charge in [-0.25, -0.2) is 4.98 Å². The Hall–Kier alpha value is -2.79. The first-order valence-corrected chi connectivity index (χ1v) is 9.99. The van der Waals surface area contributed by atoms with Crippen molar-refractivity contribution in [2.24, 2.45) is 0 Å². The van der Waals surface area contributed by atoms with Crippen LogP contribution in [0, 0.1) is 0 Å². The summed E-state index contributed by atoms with van der Waals surface area (Å²) in [5.41, 5.74) is 3.38. The molecule has 0 atom stereocenters. The Balaban J connectivity index is 1.57. The molecule has 0 fully saturated rings. The van der Waals surface area contributed by atoms with Gasteiger partial charge in [-0.2, -0.15) is 4.98 Å². The lowest BCUT2D eigenvalue weighted by Gasteiger charge is -2.21. The summed E-state index contributed by atoms with van der Waals surface area (Å²) in [6, 6.07) is 18.1. The molecule has 1 heterocycles. The van der Waals surface area contributed by atoms with Gasteiger partial charge in [-0.05, 0) is 68.3 Å². The zero-order chi connectivity index (χ0) is 19.8. The predicted octanol–water partition coefficient (Wildman–Crippen LogP) is 5.37. The average molecular weight is 396 g/mol. The van der Waals surface area contributed by atoms with Crippen molar-refractivity contribution in [3.8, 4) is 0 Å². The van der Waals surface area contributed by atoms with Crippen LogP contribution in [0.15, 0.2) is 60.8 Å². The van der Waals surface area contributed by atoms with Gasteiger partial charge in [0.25, 0.3) is 0 Å². The molecule has 2 N–H and O–H groups in total. The molecule has 0 bridgehead atoms. The van der Waals surface area contributed by atoms with E-state index < -0.39 is 0 Å². The standard InChI is InChI=1S/C22H26ClN5/c1-3-28(4-2)20-10-8-19(9-11-20)26-22-25-15-13-21(27-22)24-14-12-17-6-5-7-18(23)16-17/h5-11,13,15-16H,3-4,12,14H2,1-2H3,(H2,24,25,26,27). The van der Waals surface area contributed by atoms with E-state index in [1.165, 1.54) is 11.3 Å². The maximum absolute atomic E-state index is 6.03. The first-order chi connectivity index (χ1) is 13.7. The van der Waals surface area contributed by atoms with Gasteiger partial charge in [0, 0.05) is 42.2 Å². The van der Waals surface area contributed by atoms with E-state index in [9.17, 15) is 0 Å². The van der Waals surface area contributed by atoms with E-state index in [1.54, 1.807) is 6.20 Å². The lowest BCUT2D eigenvalue weighted by atomic mass is 10.1. The van der Waals surface area contributed by atoms with Crippen molar-refractivity contribution in [2.75, 3.05) is 35.2 Å². The van der Waals surface area contributed by atoms with Crippen LogP contribution in [0.25, 0.3) is 0 Å². The second-order valence-corrected chi connectivity index (χ2v) is 6.85. The Morgan fingerprint density at radius 2 is 1.79 bits per heavy atom. The van der Waals surface area contributed by atoms with Gasteiger partial charge in [0.15, 0.2) is 0 Å². The molecular formula is C22H26ClN5. The number of anilines is 4. The van der Waals surface area contributed by atoms with Crippen molar-refractivity contribution in [3.63, 3.8) is 0 Å². The second kappa shape index (κ2) is 9.95. The fraction of sp³-hybridized carbons (Fsp3) is 0.273. The van der Waals surface area contributed by atoms with E-state index in [1.807, 2.05) is 24.3 Å². The molecule has 0 radical (unpaired) electrons. The number of nitrogens with one attached hydrogen (secondary N) is 2. The third-order valence-electron chi connectivity index (χ3n) is 4.52. The van der Waals surface area contributed by atoms with Crippen LogP contribution in [0.5, 0.6) is 0 Å². The number of hydrogen-bond donors (Lipinski definition) is 2. The smallest absolute Gasteiger partial charge is 0.229 e. The van der Waals surface area contributed by atoms with Crippen LogP contribution in [0.2, 0.25) is 5.02 Å². The maximum Gasteiger partial charge on any atom is 0.229 e. The van der Waals surface area contributed by atoms with E-state index in [-0.39, 0.29) is 0 Å². The quantitative estimate of drug-likeness (QED) is 0.509.